The van der Waals surface area contributed by atoms with Crippen molar-refractivity contribution >= 4 is 5.91 Å². The van der Waals surface area contributed by atoms with Crippen LogP contribution in [0.15, 0.2) is 30.6 Å². The first-order valence-corrected chi connectivity index (χ1v) is 8.36. The van der Waals surface area contributed by atoms with Crippen molar-refractivity contribution in [3.63, 3.8) is 0 Å². The standard InChI is InChI=1S/C18H24N4O2/c1-12(2)15-9-17(22(3)21-15)18(23)20-16-11-24-10-14(16)8-13-4-6-19-7-5-13/h4-7,9,12,14,16H,8,10-11H2,1-3H3,(H,20,23). The second kappa shape index (κ2) is 7.13. The quantitative estimate of drug-likeness (QED) is 0.910. The molecule has 1 aliphatic rings. The van der Waals surface area contributed by atoms with Crippen LogP contribution in [-0.2, 0) is 18.2 Å². The SMILES string of the molecule is CC(C)c1cc(C(=O)NC2COCC2Cc2ccncc2)n(C)n1. The fourth-order valence-corrected chi connectivity index (χ4v) is 3.01. The summed E-state index contributed by atoms with van der Waals surface area (Å²) in [5.74, 6) is 0.480. The van der Waals surface area contributed by atoms with Gasteiger partial charge < -0.3 is 10.1 Å². The molecule has 24 heavy (non-hydrogen) atoms. The zero-order chi connectivity index (χ0) is 17.1. The van der Waals surface area contributed by atoms with Gasteiger partial charge in [-0.25, -0.2) is 0 Å². The Hall–Kier alpha value is -2.21. The Labute approximate surface area is 142 Å². The molecule has 0 spiro atoms. The van der Waals surface area contributed by atoms with Crippen molar-refractivity contribution in [1.82, 2.24) is 20.1 Å². The molecule has 2 aromatic rings. The number of aryl methyl sites for hydroxylation is 1. The monoisotopic (exact) mass is 328 g/mol. The van der Waals surface area contributed by atoms with Crippen molar-refractivity contribution in [2.45, 2.75) is 32.2 Å². The van der Waals surface area contributed by atoms with Crippen LogP contribution in [0.2, 0.25) is 0 Å². The van der Waals surface area contributed by atoms with Gasteiger partial charge in [0.15, 0.2) is 0 Å². The number of amides is 1. The molecular formula is C18H24N4O2. The summed E-state index contributed by atoms with van der Waals surface area (Å²) < 4.78 is 7.25. The van der Waals surface area contributed by atoms with E-state index < -0.39 is 0 Å². The minimum absolute atomic E-state index is 0.0167. The third-order valence-electron chi connectivity index (χ3n) is 4.48. The first-order chi connectivity index (χ1) is 11.5. The van der Waals surface area contributed by atoms with E-state index in [2.05, 4.69) is 29.2 Å². The molecule has 3 heterocycles. The molecule has 0 aromatic carbocycles. The van der Waals surface area contributed by atoms with Crippen LogP contribution in [0.1, 0.15) is 41.5 Å². The highest BCUT2D eigenvalue weighted by atomic mass is 16.5. The molecule has 2 atom stereocenters. The molecule has 3 rings (SSSR count). The van der Waals surface area contributed by atoms with Crippen LogP contribution in [0.4, 0.5) is 0 Å². The maximum Gasteiger partial charge on any atom is 0.269 e. The average Bonchev–Trinajstić information content (AvgIpc) is 3.15. The smallest absolute Gasteiger partial charge is 0.269 e. The molecule has 6 heteroatoms. The lowest BCUT2D eigenvalue weighted by Crippen LogP contribution is -2.41. The highest BCUT2D eigenvalue weighted by Crippen LogP contribution is 2.20. The molecule has 6 nitrogen and oxygen atoms in total. The summed E-state index contributed by atoms with van der Waals surface area (Å²) in [5, 5.41) is 7.53. The summed E-state index contributed by atoms with van der Waals surface area (Å²) in [6, 6.07) is 5.90. The number of nitrogens with one attached hydrogen (secondary N) is 1. The van der Waals surface area contributed by atoms with Crippen molar-refractivity contribution in [3.05, 3.63) is 47.5 Å². The van der Waals surface area contributed by atoms with Crippen LogP contribution < -0.4 is 5.32 Å². The first-order valence-electron chi connectivity index (χ1n) is 8.36. The van der Waals surface area contributed by atoms with Crippen molar-refractivity contribution < 1.29 is 9.53 Å². The van der Waals surface area contributed by atoms with Crippen molar-refractivity contribution in [2.24, 2.45) is 13.0 Å². The van der Waals surface area contributed by atoms with E-state index in [4.69, 9.17) is 4.74 Å². The minimum Gasteiger partial charge on any atom is -0.379 e. The molecule has 1 fully saturated rings. The molecule has 1 saturated heterocycles. The normalized spacial score (nSPS) is 20.5. The minimum atomic E-state index is -0.0906. The zero-order valence-electron chi connectivity index (χ0n) is 14.4. The Kier molecular flexibility index (Phi) is 4.94. The topological polar surface area (TPSA) is 69.0 Å². The van der Waals surface area contributed by atoms with E-state index in [1.54, 1.807) is 24.1 Å². The van der Waals surface area contributed by atoms with Gasteiger partial charge in [-0.3, -0.25) is 14.5 Å². The molecule has 2 aromatic heterocycles. The molecule has 0 saturated carbocycles. The number of carbonyl (C=O) groups excluding carboxylic acids is 1. The maximum absolute atomic E-state index is 12.6. The van der Waals surface area contributed by atoms with Crippen molar-refractivity contribution in [3.8, 4) is 0 Å². The highest BCUT2D eigenvalue weighted by molar-refractivity contribution is 5.93. The Morgan fingerprint density at radius 2 is 2.12 bits per heavy atom. The molecule has 128 valence electrons. The number of hydrogen-bond acceptors (Lipinski definition) is 4. The molecule has 0 radical (unpaired) electrons. The first kappa shape index (κ1) is 16.6. The van der Waals surface area contributed by atoms with E-state index in [0.29, 0.717) is 24.8 Å². The molecule has 0 aliphatic carbocycles. The molecule has 1 aliphatic heterocycles. The van der Waals surface area contributed by atoms with Gasteiger partial charge in [0, 0.05) is 25.4 Å². The lowest BCUT2D eigenvalue weighted by atomic mass is 9.95. The Balaban J connectivity index is 1.67. The molecule has 0 bridgehead atoms. The van der Waals surface area contributed by atoms with Gasteiger partial charge in [0.05, 0.1) is 24.9 Å². The number of pyridine rings is 1. The zero-order valence-corrected chi connectivity index (χ0v) is 14.4. The third-order valence-corrected chi connectivity index (χ3v) is 4.48. The fourth-order valence-electron chi connectivity index (χ4n) is 3.01. The summed E-state index contributed by atoms with van der Waals surface area (Å²) in [4.78, 5) is 16.7. The fraction of sp³-hybridized carbons (Fsp3) is 0.500. The predicted octanol–water partition coefficient (Wildman–Crippen LogP) is 1.93. The van der Waals surface area contributed by atoms with Gasteiger partial charge in [-0.05, 0) is 36.1 Å². The van der Waals surface area contributed by atoms with Crippen LogP contribution in [0.3, 0.4) is 0 Å². The molecule has 2 unspecified atom stereocenters. The Morgan fingerprint density at radius 1 is 1.38 bits per heavy atom. The lowest BCUT2D eigenvalue weighted by Gasteiger charge is -2.19. The Morgan fingerprint density at radius 3 is 2.79 bits per heavy atom. The summed E-state index contributed by atoms with van der Waals surface area (Å²) in [7, 11) is 1.81. The second-order valence-electron chi connectivity index (χ2n) is 6.67. The molecule has 1 amide bonds. The van der Waals surface area contributed by atoms with Crippen LogP contribution in [0, 0.1) is 5.92 Å². The van der Waals surface area contributed by atoms with E-state index in [-0.39, 0.29) is 17.9 Å². The Bertz CT molecular complexity index is 696. The number of rotatable bonds is 5. The number of carbonyl (C=O) groups is 1. The van der Waals surface area contributed by atoms with E-state index in [9.17, 15) is 4.79 Å². The predicted molar refractivity (Wildman–Crippen MR) is 90.8 cm³/mol. The van der Waals surface area contributed by atoms with E-state index >= 15 is 0 Å². The van der Waals surface area contributed by atoms with Crippen molar-refractivity contribution in [1.29, 1.82) is 0 Å². The molecular weight excluding hydrogens is 304 g/mol. The van der Waals surface area contributed by atoms with Gasteiger partial charge in [0.2, 0.25) is 0 Å². The van der Waals surface area contributed by atoms with Crippen molar-refractivity contribution in [2.75, 3.05) is 13.2 Å². The lowest BCUT2D eigenvalue weighted by molar-refractivity contribution is 0.0915. The number of ether oxygens (including phenoxy) is 1. The van der Waals surface area contributed by atoms with Gasteiger partial charge in [0.25, 0.3) is 5.91 Å². The van der Waals surface area contributed by atoms with Crippen LogP contribution in [-0.4, -0.2) is 39.9 Å². The van der Waals surface area contributed by atoms with Crippen LogP contribution in [0.5, 0.6) is 0 Å². The highest BCUT2D eigenvalue weighted by Gasteiger charge is 2.30. The number of aromatic nitrogens is 3. The van der Waals surface area contributed by atoms with Crippen LogP contribution >= 0.6 is 0 Å². The number of hydrogen-bond donors (Lipinski definition) is 1. The average molecular weight is 328 g/mol. The molecule has 1 N–H and O–H groups in total. The third kappa shape index (κ3) is 3.64. The van der Waals surface area contributed by atoms with Gasteiger partial charge >= 0.3 is 0 Å². The van der Waals surface area contributed by atoms with Gasteiger partial charge in [-0.1, -0.05) is 13.8 Å². The largest absolute Gasteiger partial charge is 0.379 e. The van der Waals surface area contributed by atoms with E-state index in [0.717, 1.165) is 12.1 Å². The van der Waals surface area contributed by atoms with Gasteiger partial charge in [0.1, 0.15) is 5.69 Å². The van der Waals surface area contributed by atoms with Crippen LogP contribution in [0.25, 0.3) is 0 Å². The number of nitrogens with zero attached hydrogens (tertiary/aromatic N) is 3. The summed E-state index contributed by atoms with van der Waals surface area (Å²) in [6.45, 7) is 5.35. The van der Waals surface area contributed by atoms with E-state index in [1.807, 2.05) is 18.2 Å². The summed E-state index contributed by atoms with van der Waals surface area (Å²) in [6.07, 6.45) is 4.46. The second-order valence-corrected chi connectivity index (χ2v) is 6.67. The summed E-state index contributed by atoms with van der Waals surface area (Å²) >= 11 is 0. The maximum atomic E-state index is 12.6. The summed E-state index contributed by atoms with van der Waals surface area (Å²) in [5.41, 5.74) is 2.73. The van der Waals surface area contributed by atoms with Gasteiger partial charge in [-0.2, -0.15) is 5.10 Å². The van der Waals surface area contributed by atoms with E-state index in [1.165, 1.54) is 5.56 Å². The van der Waals surface area contributed by atoms with Gasteiger partial charge in [-0.15, -0.1) is 0 Å².